The summed E-state index contributed by atoms with van der Waals surface area (Å²) in [6.07, 6.45) is -2.70. The van der Waals surface area contributed by atoms with Gasteiger partial charge in [0.25, 0.3) is 0 Å². The highest BCUT2D eigenvalue weighted by Crippen LogP contribution is 2.39. The molecule has 3 rings (SSSR count). The first-order chi connectivity index (χ1) is 11.8. The van der Waals surface area contributed by atoms with Gasteiger partial charge in [0.15, 0.2) is 0 Å². The monoisotopic (exact) mass is 355 g/mol. The van der Waals surface area contributed by atoms with Gasteiger partial charge in [-0.3, -0.25) is 14.5 Å². The molecule has 2 fully saturated rings. The van der Waals surface area contributed by atoms with Crippen LogP contribution in [0.3, 0.4) is 0 Å². The second-order valence-corrected chi connectivity index (χ2v) is 6.63. The predicted octanol–water partition coefficient (Wildman–Crippen LogP) is 1.83. The number of alkyl halides is 3. The first-order valence-electron chi connectivity index (χ1n) is 8.26. The van der Waals surface area contributed by atoms with Gasteiger partial charge in [0.2, 0.25) is 11.8 Å². The number of hydrogen-bond donors (Lipinski definition) is 2. The zero-order chi connectivity index (χ0) is 18.2. The molecule has 0 aliphatic carbocycles. The van der Waals surface area contributed by atoms with Gasteiger partial charge in [-0.15, -0.1) is 0 Å². The smallest absolute Gasteiger partial charge is 0.368 e. The number of amides is 2. The molecule has 5 nitrogen and oxygen atoms in total. The molecule has 136 valence electrons. The fraction of sp³-hybridized carbons (Fsp3) is 0.529. The third-order valence-electron chi connectivity index (χ3n) is 5.01. The number of carbonyl (C=O) groups excluding carboxylic acids is 2. The number of hydrogen-bond acceptors (Lipinski definition) is 3. The summed E-state index contributed by atoms with van der Waals surface area (Å²) in [7, 11) is 0. The average molecular weight is 355 g/mol. The number of nitrogens with two attached hydrogens (primary N) is 1. The van der Waals surface area contributed by atoms with Gasteiger partial charge in [-0.05, 0) is 37.1 Å². The molecule has 1 aromatic rings. The van der Waals surface area contributed by atoms with Crippen molar-refractivity contribution < 1.29 is 22.8 Å². The van der Waals surface area contributed by atoms with Crippen LogP contribution in [0.15, 0.2) is 24.3 Å². The maximum atomic E-state index is 12.8. The van der Waals surface area contributed by atoms with E-state index in [2.05, 4.69) is 5.32 Å². The van der Waals surface area contributed by atoms with Crippen LogP contribution in [-0.4, -0.2) is 35.8 Å². The molecule has 2 aliphatic rings. The standard InChI is InChI=1S/C17H20F3N3O2/c18-17(19,20)12-5-3-10(4-6-12)15(11-8-14(24)22-9-11)23-7-1-2-13(23)16(21)25/h3-6,11,13,15H,1-2,7-9H2,(H2,21,25)(H,22,24)/t11-,13-,15+/m1/s1. The van der Waals surface area contributed by atoms with Crippen molar-refractivity contribution in [3.63, 3.8) is 0 Å². The molecule has 3 atom stereocenters. The molecule has 2 heterocycles. The van der Waals surface area contributed by atoms with Crippen LogP contribution in [0.5, 0.6) is 0 Å². The predicted molar refractivity (Wildman–Crippen MR) is 84.2 cm³/mol. The van der Waals surface area contributed by atoms with Crippen molar-refractivity contribution in [2.75, 3.05) is 13.1 Å². The quantitative estimate of drug-likeness (QED) is 0.865. The van der Waals surface area contributed by atoms with Crippen molar-refractivity contribution in [3.8, 4) is 0 Å². The van der Waals surface area contributed by atoms with E-state index in [9.17, 15) is 22.8 Å². The summed E-state index contributed by atoms with van der Waals surface area (Å²) in [4.78, 5) is 25.3. The molecule has 1 aromatic carbocycles. The first-order valence-corrected chi connectivity index (χ1v) is 8.26. The Bertz CT molecular complexity index is 660. The summed E-state index contributed by atoms with van der Waals surface area (Å²) in [5.74, 6) is -0.632. The number of carbonyl (C=O) groups is 2. The third-order valence-corrected chi connectivity index (χ3v) is 5.01. The van der Waals surface area contributed by atoms with Crippen molar-refractivity contribution in [3.05, 3.63) is 35.4 Å². The van der Waals surface area contributed by atoms with Crippen LogP contribution in [0, 0.1) is 5.92 Å². The molecule has 25 heavy (non-hydrogen) atoms. The SMILES string of the molecule is NC(=O)[C@H]1CCCN1[C@@H](c1ccc(C(F)(F)F)cc1)[C@H]1CNC(=O)C1. The normalized spacial score (nSPS) is 25.8. The van der Waals surface area contributed by atoms with E-state index < -0.39 is 23.7 Å². The Labute approximate surface area is 143 Å². The molecule has 0 saturated carbocycles. The van der Waals surface area contributed by atoms with Crippen LogP contribution in [0.4, 0.5) is 13.2 Å². The zero-order valence-corrected chi connectivity index (χ0v) is 13.6. The number of nitrogens with one attached hydrogen (secondary N) is 1. The second kappa shape index (κ2) is 6.67. The largest absolute Gasteiger partial charge is 0.416 e. The number of nitrogens with zero attached hydrogens (tertiary/aromatic N) is 1. The fourth-order valence-electron chi connectivity index (χ4n) is 3.88. The van der Waals surface area contributed by atoms with Gasteiger partial charge in [-0.25, -0.2) is 0 Å². The number of rotatable bonds is 4. The van der Waals surface area contributed by atoms with Gasteiger partial charge < -0.3 is 11.1 Å². The number of primary amides is 1. The maximum absolute atomic E-state index is 12.8. The number of likely N-dealkylation sites (tertiary alicyclic amines) is 1. The Morgan fingerprint density at radius 3 is 2.48 bits per heavy atom. The van der Waals surface area contributed by atoms with E-state index in [1.54, 1.807) is 0 Å². The van der Waals surface area contributed by atoms with Crippen LogP contribution in [0.1, 0.15) is 36.4 Å². The van der Waals surface area contributed by atoms with Gasteiger partial charge >= 0.3 is 6.18 Å². The Kier molecular flexibility index (Phi) is 4.73. The Morgan fingerprint density at radius 1 is 1.28 bits per heavy atom. The molecule has 2 amide bonds. The minimum atomic E-state index is -4.40. The molecular weight excluding hydrogens is 335 g/mol. The Hall–Kier alpha value is -2.09. The summed E-state index contributed by atoms with van der Waals surface area (Å²) in [6, 6.07) is 4.19. The second-order valence-electron chi connectivity index (χ2n) is 6.63. The number of halogens is 3. The summed E-state index contributed by atoms with van der Waals surface area (Å²) < 4.78 is 38.4. The summed E-state index contributed by atoms with van der Waals surface area (Å²) >= 11 is 0. The van der Waals surface area contributed by atoms with E-state index in [0.717, 1.165) is 18.6 Å². The summed E-state index contributed by atoms with van der Waals surface area (Å²) in [5.41, 5.74) is 5.45. The highest BCUT2D eigenvalue weighted by Gasteiger charge is 2.41. The molecular formula is C17H20F3N3O2. The molecule has 8 heteroatoms. The van der Waals surface area contributed by atoms with Crippen LogP contribution in [-0.2, 0) is 15.8 Å². The number of benzene rings is 1. The van der Waals surface area contributed by atoms with Crippen molar-refractivity contribution in [1.29, 1.82) is 0 Å². The van der Waals surface area contributed by atoms with E-state index in [1.165, 1.54) is 12.1 Å². The van der Waals surface area contributed by atoms with Crippen molar-refractivity contribution in [2.45, 2.75) is 37.5 Å². The van der Waals surface area contributed by atoms with Crippen molar-refractivity contribution in [2.24, 2.45) is 11.7 Å². The first kappa shape index (κ1) is 17.7. The lowest BCUT2D eigenvalue weighted by Crippen LogP contribution is -2.44. The van der Waals surface area contributed by atoms with E-state index in [4.69, 9.17) is 5.73 Å². The van der Waals surface area contributed by atoms with E-state index in [-0.39, 0.29) is 24.3 Å². The molecule has 2 aliphatic heterocycles. The lowest BCUT2D eigenvalue weighted by molar-refractivity contribution is -0.137. The zero-order valence-electron chi connectivity index (χ0n) is 13.6. The molecule has 0 bridgehead atoms. The molecule has 0 aromatic heterocycles. The van der Waals surface area contributed by atoms with Gasteiger partial charge in [0.1, 0.15) is 0 Å². The summed E-state index contributed by atoms with van der Waals surface area (Å²) in [5, 5.41) is 2.76. The lowest BCUT2D eigenvalue weighted by Gasteiger charge is -2.35. The van der Waals surface area contributed by atoms with Gasteiger partial charge in [0, 0.05) is 24.9 Å². The molecule has 2 saturated heterocycles. The molecule has 0 spiro atoms. The van der Waals surface area contributed by atoms with Gasteiger partial charge in [0.05, 0.1) is 11.6 Å². The van der Waals surface area contributed by atoms with Crippen LogP contribution in [0.25, 0.3) is 0 Å². The van der Waals surface area contributed by atoms with Crippen LogP contribution >= 0.6 is 0 Å². The Morgan fingerprint density at radius 2 is 1.96 bits per heavy atom. The van der Waals surface area contributed by atoms with E-state index in [1.807, 2.05) is 4.90 Å². The molecule has 0 unspecified atom stereocenters. The fourth-order valence-corrected chi connectivity index (χ4v) is 3.88. The topological polar surface area (TPSA) is 75.4 Å². The molecule has 3 N–H and O–H groups in total. The maximum Gasteiger partial charge on any atom is 0.416 e. The van der Waals surface area contributed by atoms with Crippen molar-refractivity contribution in [1.82, 2.24) is 10.2 Å². The van der Waals surface area contributed by atoms with Gasteiger partial charge in [-0.2, -0.15) is 13.2 Å². The average Bonchev–Trinajstić information content (AvgIpc) is 3.17. The third kappa shape index (κ3) is 3.63. The lowest BCUT2D eigenvalue weighted by atomic mass is 9.89. The van der Waals surface area contributed by atoms with Crippen LogP contribution in [0.2, 0.25) is 0 Å². The minimum absolute atomic E-state index is 0.0864. The van der Waals surface area contributed by atoms with E-state index >= 15 is 0 Å². The summed E-state index contributed by atoms with van der Waals surface area (Å²) in [6.45, 7) is 1.07. The Balaban J connectivity index is 1.94. The van der Waals surface area contributed by atoms with Crippen molar-refractivity contribution >= 4 is 11.8 Å². The van der Waals surface area contributed by atoms with Crippen LogP contribution < -0.4 is 11.1 Å². The van der Waals surface area contributed by atoms with E-state index in [0.29, 0.717) is 25.1 Å². The highest BCUT2D eigenvalue weighted by molar-refractivity contribution is 5.80. The minimum Gasteiger partial charge on any atom is -0.368 e. The van der Waals surface area contributed by atoms with Gasteiger partial charge in [-0.1, -0.05) is 12.1 Å². The molecule has 0 radical (unpaired) electrons. The highest BCUT2D eigenvalue weighted by atomic mass is 19.4.